The van der Waals surface area contributed by atoms with E-state index in [1.807, 2.05) is 78.3 Å². The molecule has 2 aromatic carbocycles. The molecular formula is C43H56N6O7. The van der Waals surface area contributed by atoms with Crippen molar-refractivity contribution < 1.29 is 33.8 Å². The smallest absolute Gasteiger partial charge is 0.410 e. The molecule has 0 bridgehead atoms. The van der Waals surface area contributed by atoms with E-state index in [1.54, 1.807) is 4.90 Å². The van der Waals surface area contributed by atoms with Crippen LogP contribution in [0.4, 0.5) is 15.3 Å². The molecule has 0 unspecified atom stereocenters. The number of rotatable bonds is 9. The maximum absolute atomic E-state index is 14.2. The minimum absolute atomic E-state index is 0.00412. The Labute approximate surface area is 329 Å². The number of amides is 4. The third-order valence-corrected chi connectivity index (χ3v) is 12.0. The Morgan fingerprint density at radius 3 is 2.25 bits per heavy atom. The fourth-order valence-corrected chi connectivity index (χ4v) is 8.82. The molecule has 1 aliphatic carbocycles. The number of carbonyl (C=O) groups is 4. The molecule has 300 valence electrons. The number of allylic oxidation sites excluding steroid dienone is 3. The predicted molar refractivity (Wildman–Crippen MR) is 212 cm³/mol. The van der Waals surface area contributed by atoms with Gasteiger partial charge in [-0.1, -0.05) is 36.4 Å². The second kappa shape index (κ2) is 17.9. The highest BCUT2D eigenvalue weighted by molar-refractivity contribution is 5.91. The molecule has 0 saturated carbocycles. The second-order valence-corrected chi connectivity index (χ2v) is 15.8. The van der Waals surface area contributed by atoms with Crippen LogP contribution in [0.25, 0.3) is 0 Å². The van der Waals surface area contributed by atoms with Gasteiger partial charge in [0.2, 0.25) is 0 Å². The number of phenolic OH excluding ortho intramolecular Hbond substituents is 1. The SMILES string of the molecule is Cc1cc(C[C@@H](OC(=O)N2CCC(N3CCc4ccccc4NC3=O)CC2)C(=O)N2CCN(C3CCN(CC(=O)OC4=CCCC=C4)CC3)CC2)cc(C)c1O. The van der Waals surface area contributed by atoms with Gasteiger partial charge in [-0.2, -0.15) is 0 Å². The first kappa shape index (κ1) is 39.4. The summed E-state index contributed by atoms with van der Waals surface area (Å²) >= 11 is 0. The number of likely N-dealkylation sites (tertiary alicyclic amines) is 2. The molecule has 5 aliphatic rings. The number of urea groups is 1. The van der Waals surface area contributed by atoms with Gasteiger partial charge in [-0.25, -0.2) is 9.59 Å². The Morgan fingerprint density at radius 2 is 1.55 bits per heavy atom. The molecule has 4 amide bonds. The zero-order valence-electron chi connectivity index (χ0n) is 32.8. The van der Waals surface area contributed by atoms with Gasteiger partial charge in [-0.05, 0) is 99.3 Å². The minimum atomic E-state index is -1.02. The van der Waals surface area contributed by atoms with Crippen LogP contribution in [-0.4, -0.2) is 137 Å². The predicted octanol–water partition coefficient (Wildman–Crippen LogP) is 5.00. The molecule has 4 aliphatic heterocycles. The van der Waals surface area contributed by atoms with Crippen LogP contribution in [0.2, 0.25) is 0 Å². The number of para-hydroxylation sites is 1. The Bertz CT molecular complexity index is 1800. The molecule has 4 heterocycles. The number of carbonyl (C=O) groups excluding carboxylic acids is 4. The monoisotopic (exact) mass is 768 g/mol. The zero-order valence-corrected chi connectivity index (χ0v) is 32.8. The van der Waals surface area contributed by atoms with Gasteiger partial charge >= 0.3 is 18.1 Å². The number of hydrogen-bond acceptors (Lipinski definition) is 9. The van der Waals surface area contributed by atoms with Gasteiger partial charge in [0.15, 0.2) is 6.10 Å². The Morgan fingerprint density at radius 1 is 0.857 bits per heavy atom. The number of phenols is 1. The van der Waals surface area contributed by atoms with E-state index in [1.165, 1.54) is 0 Å². The quantitative estimate of drug-likeness (QED) is 0.338. The van der Waals surface area contributed by atoms with Crippen molar-refractivity contribution in [2.24, 2.45) is 0 Å². The molecule has 2 N–H and O–H groups in total. The molecular weight excluding hydrogens is 713 g/mol. The summed E-state index contributed by atoms with van der Waals surface area (Å²) in [4.78, 5) is 63.6. The first-order chi connectivity index (χ1) is 27.1. The van der Waals surface area contributed by atoms with Crippen molar-refractivity contribution in [1.29, 1.82) is 0 Å². The Balaban J connectivity index is 0.920. The largest absolute Gasteiger partial charge is 0.507 e. The van der Waals surface area contributed by atoms with E-state index in [4.69, 9.17) is 9.47 Å². The summed E-state index contributed by atoms with van der Waals surface area (Å²) < 4.78 is 11.6. The summed E-state index contributed by atoms with van der Waals surface area (Å²) in [5, 5.41) is 13.5. The highest BCUT2D eigenvalue weighted by atomic mass is 16.6. The summed E-state index contributed by atoms with van der Waals surface area (Å²) in [6.07, 6.45) is 10.3. The summed E-state index contributed by atoms with van der Waals surface area (Å²) in [6.45, 7) is 9.52. The van der Waals surface area contributed by atoms with Gasteiger partial charge in [0.1, 0.15) is 11.5 Å². The summed E-state index contributed by atoms with van der Waals surface area (Å²) in [5.41, 5.74) is 4.19. The van der Waals surface area contributed by atoms with Crippen LogP contribution in [-0.2, 0) is 31.9 Å². The normalized spacial score (nSPS) is 20.8. The number of nitrogens with zero attached hydrogens (tertiary/aromatic N) is 5. The van der Waals surface area contributed by atoms with Gasteiger partial charge in [0.05, 0.1) is 6.54 Å². The highest BCUT2D eigenvalue weighted by Gasteiger charge is 2.36. The van der Waals surface area contributed by atoms with Crippen LogP contribution < -0.4 is 5.32 Å². The van der Waals surface area contributed by atoms with Gasteiger partial charge in [-0.15, -0.1) is 0 Å². The number of fused-ring (bicyclic) bond motifs is 1. The lowest BCUT2D eigenvalue weighted by atomic mass is 10.00. The molecule has 0 radical (unpaired) electrons. The topological polar surface area (TPSA) is 135 Å². The van der Waals surface area contributed by atoms with Crippen molar-refractivity contribution in [1.82, 2.24) is 24.5 Å². The van der Waals surface area contributed by atoms with Crippen LogP contribution in [0.1, 0.15) is 60.8 Å². The van der Waals surface area contributed by atoms with Crippen molar-refractivity contribution in [3.63, 3.8) is 0 Å². The third-order valence-electron chi connectivity index (χ3n) is 12.0. The number of aryl methyl sites for hydroxylation is 2. The van der Waals surface area contributed by atoms with Crippen molar-refractivity contribution in [3.8, 4) is 5.75 Å². The number of benzene rings is 2. The van der Waals surface area contributed by atoms with Gasteiger partial charge in [0, 0.05) is 83.1 Å². The van der Waals surface area contributed by atoms with Gasteiger partial charge in [-0.3, -0.25) is 19.4 Å². The van der Waals surface area contributed by atoms with Crippen LogP contribution in [0.5, 0.6) is 5.75 Å². The fraction of sp³-hybridized carbons (Fsp3) is 0.535. The molecule has 13 nitrogen and oxygen atoms in total. The summed E-state index contributed by atoms with van der Waals surface area (Å²) in [7, 11) is 0. The van der Waals surface area contributed by atoms with E-state index < -0.39 is 12.2 Å². The summed E-state index contributed by atoms with van der Waals surface area (Å²) in [5.74, 6) is 0.420. The van der Waals surface area contributed by atoms with E-state index in [-0.39, 0.29) is 42.7 Å². The van der Waals surface area contributed by atoms with Crippen LogP contribution in [0.15, 0.2) is 60.4 Å². The van der Waals surface area contributed by atoms with Crippen LogP contribution in [0.3, 0.4) is 0 Å². The van der Waals surface area contributed by atoms with Crippen LogP contribution in [0, 0.1) is 13.8 Å². The van der Waals surface area contributed by atoms with Gasteiger partial charge in [0.25, 0.3) is 5.91 Å². The number of esters is 1. The number of ether oxygens (including phenoxy) is 2. The molecule has 3 fully saturated rings. The number of hydrogen-bond donors (Lipinski definition) is 2. The minimum Gasteiger partial charge on any atom is -0.507 e. The number of aromatic hydroxyl groups is 1. The van der Waals surface area contributed by atoms with Crippen molar-refractivity contribution in [2.45, 2.75) is 83.4 Å². The third kappa shape index (κ3) is 9.55. The number of piperidine rings is 2. The van der Waals surface area contributed by atoms with Crippen LogP contribution >= 0.6 is 0 Å². The fourth-order valence-electron chi connectivity index (χ4n) is 8.82. The zero-order chi connectivity index (χ0) is 39.2. The lowest BCUT2D eigenvalue weighted by Gasteiger charge is -2.43. The molecule has 0 spiro atoms. The average molecular weight is 769 g/mol. The lowest BCUT2D eigenvalue weighted by molar-refractivity contribution is -0.143. The number of piperazine rings is 1. The van der Waals surface area contributed by atoms with E-state index in [9.17, 15) is 24.3 Å². The molecule has 2 aromatic rings. The first-order valence-electron chi connectivity index (χ1n) is 20.3. The molecule has 56 heavy (non-hydrogen) atoms. The first-order valence-corrected chi connectivity index (χ1v) is 20.3. The molecule has 0 aromatic heterocycles. The molecule has 13 heteroatoms. The Hall–Kier alpha value is -4.88. The average Bonchev–Trinajstić information content (AvgIpc) is 3.38. The molecule has 7 rings (SSSR count). The van der Waals surface area contributed by atoms with E-state index in [0.717, 1.165) is 75.1 Å². The standard InChI is InChI=1S/C43H56N6O7/c1-30-26-32(27-31(2)40(30)51)28-38(56-43(54)48-19-15-35(16-20-48)49-21-12-33-8-6-7-11-37(33)44-42(49)53)41(52)47-24-22-46(23-25-47)34-13-17-45(18-14-34)29-39(50)55-36-9-4-3-5-10-36/h4,6-11,26-27,34-35,38,51H,3,5,12-25,28-29H2,1-2H3,(H,44,53)/t38-/m1/s1. The van der Waals surface area contributed by atoms with E-state index in [0.29, 0.717) is 68.5 Å². The molecule has 3 saturated heterocycles. The van der Waals surface area contributed by atoms with Crippen molar-refractivity contribution in [2.75, 3.05) is 70.8 Å². The lowest BCUT2D eigenvalue weighted by Crippen LogP contribution is -2.57. The maximum atomic E-state index is 14.2. The summed E-state index contributed by atoms with van der Waals surface area (Å²) in [6, 6.07) is 11.8. The van der Waals surface area contributed by atoms with Gasteiger partial charge < -0.3 is 34.6 Å². The van der Waals surface area contributed by atoms with Crippen molar-refractivity contribution >= 4 is 29.7 Å². The maximum Gasteiger partial charge on any atom is 0.410 e. The van der Waals surface area contributed by atoms with E-state index >= 15 is 0 Å². The van der Waals surface area contributed by atoms with Crippen molar-refractivity contribution in [3.05, 3.63) is 82.6 Å². The van der Waals surface area contributed by atoms with E-state index in [2.05, 4.69) is 15.1 Å². The molecule has 1 atom stereocenters. The highest BCUT2D eigenvalue weighted by Crippen LogP contribution is 2.27. The second-order valence-electron chi connectivity index (χ2n) is 15.8. The number of anilines is 1. The number of nitrogens with one attached hydrogen (secondary N) is 1. The Kier molecular flexibility index (Phi) is 12.6.